The van der Waals surface area contributed by atoms with Gasteiger partial charge in [-0.2, -0.15) is 16.8 Å². The van der Waals surface area contributed by atoms with Crippen molar-refractivity contribution in [3.05, 3.63) is 0 Å². The second-order valence-corrected chi connectivity index (χ2v) is 2.69. The number of rotatable bonds is 0. The van der Waals surface area contributed by atoms with E-state index in [4.69, 9.17) is 35.0 Å². The Kier molecular flexibility index (Phi) is 18.8. The molecule has 8 nitrogen and oxygen atoms in total. The summed E-state index contributed by atoms with van der Waals surface area (Å²) in [6.07, 6.45) is 0. The van der Waals surface area contributed by atoms with Crippen LogP contribution < -0.4 is 0 Å². The van der Waals surface area contributed by atoms with Gasteiger partial charge in [0.05, 0.1) is 0 Å². The fourth-order valence-electron chi connectivity index (χ4n) is 0. The molecule has 0 aromatic rings. The van der Waals surface area contributed by atoms with Gasteiger partial charge in [-0.3, -0.25) is 18.2 Å². The molecule has 0 atom stereocenters. The molecule has 0 saturated heterocycles. The van der Waals surface area contributed by atoms with Gasteiger partial charge < -0.3 is 0 Å². The second-order valence-electron chi connectivity index (χ2n) is 0.896. The molecule has 0 aromatic carbocycles. The summed E-state index contributed by atoms with van der Waals surface area (Å²) in [7, 11) is -9.33. The van der Waals surface area contributed by atoms with Gasteiger partial charge in [0.1, 0.15) is 0 Å². The van der Waals surface area contributed by atoms with Crippen molar-refractivity contribution in [1.29, 1.82) is 0 Å². The molecule has 0 aliphatic heterocycles. The van der Waals surface area contributed by atoms with Gasteiger partial charge >= 0.3 is 88.1 Å². The molecular weight excluding hydrogens is 255 g/mol. The summed E-state index contributed by atoms with van der Waals surface area (Å²) in [5, 5.41) is 0. The van der Waals surface area contributed by atoms with Crippen LogP contribution in [0.15, 0.2) is 0 Å². The van der Waals surface area contributed by atoms with E-state index in [0.717, 1.165) is 0 Å². The molecule has 0 aromatic heterocycles. The Morgan fingerprint density at radius 3 is 0.667 bits per heavy atom. The SMILES string of the molecule is O=S(=O)(O)O.O=S(=O)(O)O.[CaH2].[NaH]. The summed E-state index contributed by atoms with van der Waals surface area (Å²) < 4.78 is 63.2. The number of hydrogen-bond donors (Lipinski definition) is 4. The molecular formula is H7CaNaO8S2. The van der Waals surface area contributed by atoms with Crippen molar-refractivity contribution in [3.63, 3.8) is 0 Å². The summed E-state index contributed by atoms with van der Waals surface area (Å²) in [4.78, 5) is 0. The molecule has 0 saturated carbocycles. The molecule has 0 aliphatic rings. The van der Waals surface area contributed by atoms with Crippen LogP contribution in [-0.4, -0.2) is 102 Å². The topological polar surface area (TPSA) is 149 Å². The monoisotopic (exact) mass is 262 g/mol. The molecule has 0 spiro atoms. The molecule has 0 aliphatic carbocycles. The third-order valence-corrected chi connectivity index (χ3v) is 0. The van der Waals surface area contributed by atoms with Gasteiger partial charge in [0.15, 0.2) is 0 Å². The van der Waals surface area contributed by atoms with Gasteiger partial charge in [0.2, 0.25) is 0 Å². The molecule has 0 unspecified atom stereocenters. The van der Waals surface area contributed by atoms with Crippen LogP contribution in [0.4, 0.5) is 0 Å². The maximum atomic E-state index is 8.74. The van der Waals surface area contributed by atoms with E-state index in [-0.39, 0.29) is 67.3 Å². The predicted molar refractivity (Wildman–Crippen MR) is 44.0 cm³/mol. The Morgan fingerprint density at radius 2 is 0.667 bits per heavy atom. The molecule has 12 heavy (non-hydrogen) atoms. The first kappa shape index (κ1) is 23.7. The van der Waals surface area contributed by atoms with Crippen molar-refractivity contribution in [1.82, 2.24) is 0 Å². The van der Waals surface area contributed by atoms with Crippen LogP contribution >= 0.6 is 0 Å². The quantitative estimate of drug-likeness (QED) is 0.269. The van der Waals surface area contributed by atoms with Crippen molar-refractivity contribution >= 4 is 88.1 Å². The summed E-state index contributed by atoms with van der Waals surface area (Å²) in [6.45, 7) is 0. The first-order chi connectivity index (χ1) is 4.00. The van der Waals surface area contributed by atoms with Crippen molar-refractivity contribution in [2.45, 2.75) is 0 Å². The molecule has 12 heteroatoms. The molecule has 0 radical (unpaired) electrons. The average molecular weight is 262 g/mol. The third-order valence-electron chi connectivity index (χ3n) is 0. The van der Waals surface area contributed by atoms with Crippen LogP contribution in [0.3, 0.4) is 0 Å². The fraction of sp³-hybridized carbons (Fsp3) is 0. The summed E-state index contributed by atoms with van der Waals surface area (Å²) in [5.74, 6) is 0. The van der Waals surface area contributed by atoms with E-state index in [9.17, 15) is 0 Å². The van der Waals surface area contributed by atoms with Crippen LogP contribution in [0, 0.1) is 0 Å². The molecule has 70 valence electrons. The normalized spacial score (nSPS) is 9.67. The standard InChI is InChI=1S/Ca.Na.2H2O4S.3H/c;;2*1-5(2,3)4;;;/h;;2*(H2,1,2,3,4);;;. The molecule has 0 bridgehead atoms. The summed E-state index contributed by atoms with van der Waals surface area (Å²) >= 11 is 0. The number of hydrogen-bond acceptors (Lipinski definition) is 4. The molecule has 4 N–H and O–H groups in total. The van der Waals surface area contributed by atoms with E-state index in [1.807, 2.05) is 0 Å². The van der Waals surface area contributed by atoms with Crippen LogP contribution in [0.1, 0.15) is 0 Å². The maximum absolute atomic E-state index is 8.74. The van der Waals surface area contributed by atoms with E-state index in [1.54, 1.807) is 0 Å². The zero-order valence-corrected chi connectivity index (χ0v) is 5.87. The van der Waals surface area contributed by atoms with Crippen molar-refractivity contribution in [3.8, 4) is 0 Å². The fourth-order valence-corrected chi connectivity index (χ4v) is 0. The Morgan fingerprint density at radius 1 is 0.667 bits per heavy atom. The van der Waals surface area contributed by atoms with Crippen LogP contribution in [0.25, 0.3) is 0 Å². The van der Waals surface area contributed by atoms with Gasteiger partial charge in [-0.05, 0) is 0 Å². The van der Waals surface area contributed by atoms with Crippen molar-refractivity contribution < 1.29 is 35.0 Å². The second kappa shape index (κ2) is 9.55. The first-order valence-electron chi connectivity index (χ1n) is 1.40. The zero-order chi connectivity index (χ0) is 9.00. The van der Waals surface area contributed by atoms with Crippen LogP contribution in [0.5, 0.6) is 0 Å². The predicted octanol–water partition coefficient (Wildman–Crippen LogP) is -2.87. The van der Waals surface area contributed by atoms with E-state index < -0.39 is 20.8 Å². The van der Waals surface area contributed by atoms with E-state index in [0.29, 0.717) is 0 Å². The van der Waals surface area contributed by atoms with E-state index >= 15 is 0 Å². The Hall–Kier alpha value is 2.00. The van der Waals surface area contributed by atoms with Gasteiger partial charge in [-0.15, -0.1) is 0 Å². The third kappa shape index (κ3) is 363. The molecule has 0 heterocycles. The van der Waals surface area contributed by atoms with Crippen molar-refractivity contribution in [2.24, 2.45) is 0 Å². The Labute approximate surface area is 121 Å². The molecule has 0 fully saturated rings. The Balaban J connectivity index is -0.0000000457. The first-order valence-corrected chi connectivity index (χ1v) is 4.19. The van der Waals surface area contributed by atoms with Crippen LogP contribution in [-0.2, 0) is 20.8 Å². The zero-order valence-electron chi connectivity index (χ0n) is 4.24. The van der Waals surface area contributed by atoms with Gasteiger partial charge in [0.25, 0.3) is 0 Å². The van der Waals surface area contributed by atoms with Crippen LogP contribution in [0.2, 0.25) is 0 Å². The average Bonchev–Trinajstić information content (AvgIpc) is 1.12. The summed E-state index contributed by atoms with van der Waals surface area (Å²) in [6, 6.07) is 0. The molecule has 0 amide bonds. The van der Waals surface area contributed by atoms with Gasteiger partial charge in [-0.25, -0.2) is 0 Å². The summed E-state index contributed by atoms with van der Waals surface area (Å²) in [5.41, 5.74) is 0. The minimum absolute atomic E-state index is 0. The minimum atomic E-state index is -4.67. The van der Waals surface area contributed by atoms with Gasteiger partial charge in [0, 0.05) is 0 Å². The Bertz CT molecular complexity index is 213. The van der Waals surface area contributed by atoms with Crippen molar-refractivity contribution in [2.75, 3.05) is 0 Å². The van der Waals surface area contributed by atoms with E-state index in [1.165, 1.54) is 0 Å². The van der Waals surface area contributed by atoms with Gasteiger partial charge in [-0.1, -0.05) is 0 Å². The molecule has 0 rings (SSSR count). The van der Waals surface area contributed by atoms with E-state index in [2.05, 4.69) is 0 Å².